The second-order valence-electron chi connectivity index (χ2n) is 8.48. The Balaban J connectivity index is 1.38. The van der Waals surface area contributed by atoms with Gasteiger partial charge in [0.05, 0.1) is 12.6 Å². The minimum absolute atomic E-state index is 0.0547. The zero-order valence-electron chi connectivity index (χ0n) is 18.5. The maximum absolute atomic E-state index is 13.0. The predicted molar refractivity (Wildman–Crippen MR) is 126 cm³/mol. The van der Waals surface area contributed by atoms with E-state index in [0.717, 1.165) is 31.5 Å². The van der Waals surface area contributed by atoms with Crippen LogP contribution in [0.5, 0.6) is 0 Å². The lowest BCUT2D eigenvalue weighted by Gasteiger charge is -2.36. The summed E-state index contributed by atoms with van der Waals surface area (Å²) in [5.41, 5.74) is 2.45. The van der Waals surface area contributed by atoms with Crippen LogP contribution in [0.15, 0.2) is 72.8 Å². The Morgan fingerprint density at radius 2 is 1.68 bits per heavy atom. The van der Waals surface area contributed by atoms with E-state index < -0.39 is 0 Å². The SMILES string of the molecule is COC[C@@H](NC(=O)C1CCN([C@H](C)c2cccc3ccccc23)CC1)c1ccccc1. The zero-order valence-corrected chi connectivity index (χ0v) is 18.5. The molecular formula is C27H32N2O2. The molecule has 1 aliphatic rings. The van der Waals surface area contributed by atoms with Crippen molar-refractivity contribution >= 4 is 16.7 Å². The van der Waals surface area contributed by atoms with Crippen LogP contribution < -0.4 is 5.32 Å². The van der Waals surface area contributed by atoms with Crippen LogP contribution in [0.3, 0.4) is 0 Å². The van der Waals surface area contributed by atoms with Crippen molar-refractivity contribution in [2.75, 3.05) is 26.8 Å². The van der Waals surface area contributed by atoms with Gasteiger partial charge in [0.25, 0.3) is 0 Å². The van der Waals surface area contributed by atoms with E-state index in [2.05, 4.69) is 59.6 Å². The highest BCUT2D eigenvalue weighted by atomic mass is 16.5. The Labute approximate surface area is 185 Å². The summed E-state index contributed by atoms with van der Waals surface area (Å²) >= 11 is 0. The van der Waals surface area contributed by atoms with Gasteiger partial charge >= 0.3 is 0 Å². The molecule has 4 nitrogen and oxygen atoms in total. The van der Waals surface area contributed by atoms with Crippen molar-refractivity contribution < 1.29 is 9.53 Å². The maximum atomic E-state index is 13.0. The Morgan fingerprint density at radius 1 is 1.00 bits per heavy atom. The summed E-state index contributed by atoms with van der Waals surface area (Å²) in [6.45, 7) is 4.63. The third-order valence-electron chi connectivity index (χ3n) is 6.57. The minimum atomic E-state index is -0.105. The molecule has 0 spiro atoms. The van der Waals surface area contributed by atoms with Crippen LogP contribution in [0.1, 0.15) is 43.0 Å². The first kappa shape index (κ1) is 21.5. The molecule has 1 heterocycles. The number of hydrogen-bond acceptors (Lipinski definition) is 3. The van der Waals surface area contributed by atoms with Crippen molar-refractivity contribution in [2.45, 2.75) is 31.8 Å². The quantitative estimate of drug-likeness (QED) is 0.581. The van der Waals surface area contributed by atoms with Gasteiger partial charge in [0.1, 0.15) is 0 Å². The monoisotopic (exact) mass is 416 g/mol. The third kappa shape index (κ3) is 4.97. The van der Waals surface area contributed by atoms with Gasteiger partial charge in [-0.2, -0.15) is 0 Å². The van der Waals surface area contributed by atoms with Crippen molar-refractivity contribution in [3.05, 3.63) is 83.9 Å². The number of fused-ring (bicyclic) bond motifs is 1. The second-order valence-corrected chi connectivity index (χ2v) is 8.48. The lowest BCUT2D eigenvalue weighted by molar-refractivity contribution is -0.127. The van der Waals surface area contributed by atoms with E-state index in [9.17, 15) is 4.79 Å². The first-order valence-electron chi connectivity index (χ1n) is 11.2. The molecule has 0 unspecified atom stereocenters. The smallest absolute Gasteiger partial charge is 0.223 e. The van der Waals surface area contributed by atoms with Crippen LogP contribution in [0, 0.1) is 5.92 Å². The van der Waals surface area contributed by atoms with Crippen LogP contribution in [0.4, 0.5) is 0 Å². The summed E-state index contributed by atoms with van der Waals surface area (Å²) in [5, 5.41) is 5.83. The van der Waals surface area contributed by atoms with Crippen LogP contribution in [-0.4, -0.2) is 37.6 Å². The Hall–Kier alpha value is -2.69. The van der Waals surface area contributed by atoms with Gasteiger partial charge in [-0.05, 0) is 54.8 Å². The van der Waals surface area contributed by atoms with Crippen molar-refractivity contribution in [1.82, 2.24) is 10.2 Å². The second kappa shape index (κ2) is 10.1. The number of benzene rings is 3. The van der Waals surface area contributed by atoms with Gasteiger partial charge in [-0.1, -0.05) is 72.8 Å². The zero-order chi connectivity index (χ0) is 21.6. The molecule has 4 heteroatoms. The molecule has 0 bridgehead atoms. The molecule has 0 aromatic heterocycles. The van der Waals surface area contributed by atoms with Crippen LogP contribution in [0.25, 0.3) is 10.8 Å². The summed E-state index contributed by atoms with van der Waals surface area (Å²) in [6, 6.07) is 25.4. The molecule has 2 atom stereocenters. The summed E-state index contributed by atoms with van der Waals surface area (Å²) in [7, 11) is 1.68. The molecule has 0 saturated carbocycles. The Bertz CT molecular complexity index is 991. The molecule has 1 saturated heterocycles. The molecule has 1 amide bonds. The molecule has 162 valence electrons. The molecule has 3 aromatic carbocycles. The van der Waals surface area contributed by atoms with E-state index in [1.807, 2.05) is 30.3 Å². The number of methoxy groups -OCH3 is 1. The lowest BCUT2D eigenvalue weighted by atomic mass is 9.92. The number of nitrogens with one attached hydrogen (secondary N) is 1. The molecule has 0 aliphatic carbocycles. The predicted octanol–water partition coefficient (Wildman–Crippen LogP) is 5.12. The van der Waals surface area contributed by atoms with Gasteiger partial charge in [-0.15, -0.1) is 0 Å². The molecule has 31 heavy (non-hydrogen) atoms. The van der Waals surface area contributed by atoms with E-state index in [-0.39, 0.29) is 17.9 Å². The van der Waals surface area contributed by atoms with Crippen molar-refractivity contribution in [2.24, 2.45) is 5.92 Å². The number of likely N-dealkylation sites (tertiary alicyclic amines) is 1. The van der Waals surface area contributed by atoms with Gasteiger partial charge < -0.3 is 10.1 Å². The first-order valence-corrected chi connectivity index (χ1v) is 11.2. The van der Waals surface area contributed by atoms with Gasteiger partial charge in [0.15, 0.2) is 0 Å². The third-order valence-corrected chi connectivity index (χ3v) is 6.57. The van der Waals surface area contributed by atoms with Crippen molar-refractivity contribution in [3.63, 3.8) is 0 Å². The summed E-state index contributed by atoms with van der Waals surface area (Å²) < 4.78 is 5.36. The average Bonchev–Trinajstić information content (AvgIpc) is 2.83. The number of amides is 1. The number of ether oxygens (including phenoxy) is 1. The standard InChI is InChI=1S/C27H32N2O2/c1-20(24-14-8-12-21-9-6-7-13-25(21)24)29-17-15-23(16-18-29)27(30)28-26(19-31-2)22-10-4-3-5-11-22/h3-14,20,23,26H,15-19H2,1-2H3,(H,28,30)/t20-,26-/m1/s1. The number of piperidine rings is 1. The number of carbonyl (C=O) groups is 1. The summed E-state index contributed by atoms with van der Waals surface area (Å²) in [6.07, 6.45) is 1.77. The highest BCUT2D eigenvalue weighted by molar-refractivity contribution is 5.86. The summed E-state index contributed by atoms with van der Waals surface area (Å²) in [4.78, 5) is 15.5. The minimum Gasteiger partial charge on any atom is -0.382 e. The van der Waals surface area contributed by atoms with E-state index >= 15 is 0 Å². The van der Waals surface area contributed by atoms with Crippen molar-refractivity contribution in [1.29, 1.82) is 0 Å². The van der Waals surface area contributed by atoms with E-state index in [4.69, 9.17) is 4.74 Å². The summed E-state index contributed by atoms with van der Waals surface area (Å²) in [5.74, 6) is 0.197. The maximum Gasteiger partial charge on any atom is 0.223 e. The fourth-order valence-corrected chi connectivity index (χ4v) is 4.72. The Kier molecular flexibility index (Phi) is 7.00. The number of rotatable bonds is 7. The fraction of sp³-hybridized carbons (Fsp3) is 0.370. The van der Waals surface area contributed by atoms with Gasteiger partial charge in [-0.25, -0.2) is 0 Å². The number of hydrogen-bond donors (Lipinski definition) is 1. The number of nitrogens with zero attached hydrogens (tertiary/aromatic N) is 1. The molecule has 4 rings (SSSR count). The topological polar surface area (TPSA) is 41.6 Å². The van der Waals surface area contributed by atoms with Crippen LogP contribution in [-0.2, 0) is 9.53 Å². The molecule has 3 aromatic rings. The molecule has 1 fully saturated rings. The van der Waals surface area contributed by atoms with Crippen molar-refractivity contribution in [3.8, 4) is 0 Å². The lowest BCUT2D eigenvalue weighted by Crippen LogP contribution is -2.43. The number of carbonyl (C=O) groups excluding carboxylic acids is 1. The first-order chi connectivity index (χ1) is 15.2. The molecule has 1 N–H and O–H groups in total. The normalized spacial score (nSPS) is 17.4. The van der Waals surface area contributed by atoms with Gasteiger partial charge in [0, 0.05) is 19.1 Å². The van der Waals surface area contributed by atoms with Gasteiger partial charge in [-0.3, -0.25) is 9.69 Å². The fourth-order valence-electron chi connectivity index (χ4n) is 4.72. The highest BCUT2D eigenvalue weighted by Gasteiger charge is 2.29. The van der Waals surface area contributed by atoms with Crippen LogP contribution in [0.2, 0.25) is 0 Å². The molecule has 1 aliphatic heterocycles. The molecular weight excluding hydrogens is 384 g/mol. The van der Waals surface area contributed by atoms with Crippen LogP contribution >= 0.6 is 0 Å². The highest BCUT2D eigenvalue weighted by Crippen LogP contribution is 2.31. The van der Waals surface area contributed by atoms with E-state index in [0.29, 0.717) is 12.6 Å². The van der Waals surface area contributed by atoms with E-state index in [1.165, 1.54) is 16.3 Å². The van der Waals surface area contributed by atoms with Gasteiger partial charge in [0.2, 0.25) is 5.91 Å². The molecule has 0 radical (unpaired) electrons. The Morgan fingerprint density at radius 3 is 2.42 bits per heavy atom. The average molecular weight is 417 g/mol. The largest absolute Gasteiger partial charge is 0.382 e. The van der Waals surface area contributed by atoms with E-state index in [1.54, 1.807) is 7.11 Å².